The van der Waals surface area contributed by atoms with Gasteiger partial charge < -0.3 is 4.98 Å². The first-order chi connectivity index (χ1) is 8.63. The molecule has 1 nitrogen and oxygen atoms in total. The highest BCUT2D eigenvalue weighted by Gasteiger charge is 2.07. The summed E-state index contributed by atoms with van der Waals surface area (Å²) in [5.41, 5.74) is 4.40. The molecule has 2 aromatic carbocycles. The van der Waals surface area contributed by atoms with Crippen LogP contribution in [0.3, 0.4) is 0 Å². The Labute approximate surface area is 115 Å². The van der Waals surface area contributed by atoms with Crippen LogP contribution in [0.1, 0.15) is 5.56 Å². The highest BCUT2D eigenvalue weighted by Crippen LogP contribution is 2.31. The van der Waals surface area contributed by atoms with Gasteiger partial charge in [0, 0.05) is 21.6 Å². The van der Waals surface area contributed by atoms with E-state index < -0.39 is 0 Å². The number of aryl methyl sites for hydroxylation is 1. The molecular formula is C15H11Cl2N. The van der Waals surface area contributed by atoms with Crippen molar-refractivity contribution < 1.29 is 0 Å². The first kappa shape index (κ1) is 11.6. The zero-order valence-corrected chi connectivity index (χ0v) is 11.3. The molecule has 3 aromatic rings. The predicted molar refractivity (Wildman–Crippen MR) is 78.5 cm³/mol. The van der Waals surface area contributed by atoms with Gasteiger partial charge in [-0.15, -0.1) is 0 Å². The third-order valence-electron chi connectivity index (χ3n) is 3.01. The SMILES string of the molecule is Cc1ccc(-c2cc3c(Cl)cc(Cl)cc3[nH]2)cc1. The molecule has 0 aliphatic carbocycles. The number of H-pyrrole nitrogens is 1. The quantitative estimate of drug-likeness (QED) is 0.608. The lowest BCUT2D eigenvalue weighted by molar-refractivity contribution is 1.42. The van der Waals surface area contributed by atoms with Crippen molar-refractivity contribution in [3.63, 3.8) is 0 Å². The topological polar surface area (TPSA) is 15.8 Å². The number of halogens is 2. The predicted octanol–water partition coefficient (Wildman–Crippen LogP) is 5.45. The van der Waals surface area contributed by atoms with E-state index in [1.807, 2.05) is 6.07 Å². The smallest absolute Gasteiger partial charge is 0.0514 e. The Morgan fingerprint density at radius 3 is 2.39 bits per heavy atom. The van der Waals surface area contributed by atoms with Crippen LogP contribution in [0.4, 0.5) is 0 Å². The van der Waals surface area contributed by atoms with Crippen LogP contribution in [0.2, 0.25) is 10.0 Å². The zero-order chi connectivity index (χ0) is 12.7. The van der Waals surface area contributed by atoms with E-state index in [9.17, 15) is 0 Å². The lowest BCUT2D eigenvalue weighted by Crippen LogP contribution is -1.77. The number of hydrogen-bond donors (Lipinski definition) is 1. The van der Waals surface area contributed by atoms with Gasteiger partial charge in [0.15, 0.2) is 0 Å². The summed E-state index contributed by atoms with van der Waals surface area (Å²) in [4.78, 5) is 3.34. The van der Waals surface area contributed by atoms with Gasteiger partial charge in [-0.1, -0.05) is 53.0 Å². The van der Waals surface area contributed by atoms with Crippen molar-refractivity contribution in [2.75, 3.05) is 0 Å². The first-order valence-corrected chi connectivity index (χ1v) is 6.44. The average molecular weight is 276 g/mol. The molecule has 1 N–H and O–H groups in total. The van der Waals surface area contributed by atoms with Gasteiger partial charge in [0.25, 0.3) is 0 Å². The number of aromatic nitrogens is 1. The van der Waals surface area contributed by atoms with E-state index in [4.69, 9.17) is 23.2 Å². The molecular weight excluding hydrogens is 265 g/mol. The molecule has 3 rings (SSSR count). The number of benzene rings is 2. The summed E-state index contributed by atoms with van der Waals surface area (Å²) in [5.74, 6) is 0. The zero-order valence-electron chi connectivity index (χ0n) is 9.80. The minimum absolute atomic E-state index is 0.643. The molecule has 0 unspecified atom stereocenters. The van der Waals surface area contributed by atoms with Crippen molar-refractivity contribution in [1.29, 1.82) is 0 Å². The second kappa shape index (κ2) is 4.34. The summed E-state index contributed by atoms with van der Waals surface area (Å²) in [7, 11) is 0. The van der Waals surface area contributed by atoms with Gasteiger partial charge in [-0.2, -0.15) is 0 Å². The van der Waals surface area contributed by atoms with E-state index >= 15 is 0 Å². The molecule has 0 aliphatic rings. The number of aromatic amines is 1. The van der Waals surface area contributed by atoms with Crippen molar-refractivity contribution in [2.24, 2.45) is 0 Å². The van der Waals surface area contributed by atoms with Gasteiger partial charge in [0.05, 0.1) is 5.02 Å². The summed E-state index contributed by atoms with van der Waals surface area (Å²) >= 11 is 12.2. The van der Waals surface area contributed by atoms with Crippen LogP contribution < -0.4 is 0 Å². The Bertz CT molecular complexity index is 711. The molecule has 0 bridgehead atoms. The fourth-order valence-corrected chi connectivity index (χ4v) is 2.60. The van der Waals surface area contributed by atoms with Gasteiger partial charge in [-0.25, -0.2) is 0 Å². The molecule has 0 fully saturated rings. The van der Waals surface area contributed by atoms with Crippen LogP contribution >= 0.6 is 23.2 Å². The molecule has 3 heteroatoms. The van der Waals surface area contributed by atoms with E-state index in [1.165, 1.54) is 5.56 Å². The molecule has 0 aliphatic heterocycles. The van der Waals surface area contributed by atoms with E-state index in [-0.39, 0.29) is 0 Å². The number of nitrogens with one attached hydrogen (secondary N) is 1. The molecule has 0 amide bonds. The Morgan fingerprint density at radius 1 is 0.944 bits per heavy atom. The lowest BCUT2D eigenvalue weighted by atomic mass is 10.1. The average Bonchev–Trinajstić information content (AvgIpc) is 2.74. The standard InChI is InChI=1S/C15H11Cl2N/c1-9-2-4-10(5-3-9)14-8-12-13(17)6-11(16)7-15(12)18-14/h2-8,18H,1H3. The first-order valence-electron chi connectivity index (χ1n) is 5.68. The maximum Gasteiger partial charge on any atom is 0.0514 e. The molecule has 0 spiro atoms. The molecule has 18 heavy (non-hydrogen) atoms. The van der Waals surface area contributed by atoms with Crippen LogP contribution in [-0.4, -0.2) is 4.98 Å². The maximum atomic E-state index is 6.18. The summed E-state index contributed by atoms with van der Waals surface area (Å²) in [6.45, 7) is 2.08. The largest absolute Gasteiger partial charge is 0.354 e. The number of rotatable bonds is 1. The summed E-state index contributed by atoms with van der Waals surface area (Å²) in [5, 5.41) is 2.31. The van der Waals surface area contributed by atoms with Crippen LogP contribution in [0.25, 0.3) is 22.2 Å². The summed E-state index contributed by atoms with van der Waals surface area (Å²) in [6.07, 6.45) is 0. The molecule has 0 radical (unpaired) electrons. The van der Waals surface area contributed by atoms with E-state index in [1.54, 1.807) is 6.07 Å². The molecule has 0 atom stereocenters. The minimum Gasteiger partial charge on any atom is -0.354 e. The van der Waals surface area contributed by atoms with Crippen LogP contribution in [0.15, 0.2) is 42.5 Å². The summed E-state index contributed by atoms with van der Waals surface area (Å²) < 4.78 is 0. The monoisotopic (exact) mass is 275 g/mol. The second-order valence-corrected chi connectivity index (χ2v) is 5.24. The lowest BCUT2D eigenvalue weighted by Gasteiger charge is -1.97. The van der Waals surface area contributed by atoms with Gasteiger partial charge in [-0.3, -0.25) is 0 Å². The molecule has 0 saturated heterocycles. The molecule has 90 valence electrons. The van der Waals surface area contributed by atoms with Gasteiger partial charge in [-0.05, 0) is 30.7 Å². The normalized spacial score (nSPS) is 11.1. The Balaban J connectivity index is 2.19. The number of fused-ring (bicyclic) bond motifs is 1. The van der Waals surface area contributed by atoms with Crippen molar-refractivity contribution in [3.8, 4) is 11.3 Å². The van der Waals surface area contributed by atoms with Gasteiger partial charge in [0.1, 0.15) is 0 Å². The van der Waals surface area contributed by atoms with Crippen molar-refractivity contribution in [2.45, 2.75) is 6.92 Å². The Hall–Kier alpha value is -1.44. The molecule has 1 heterocycles. The molecule has 0 saturated carbocycles. The van der Waals surface area contributed by atoms with Crippen LogP contribution in [-0.2, 0) is 0 Å². The fourth-order valence-electron chi connectivity index (χ4n) is 2.05. The fraction of sp³-hybridized carbons (Fsp3) is 0.0667. The summed E-state index contributed by atoms with van der Waals surface area (Å²) in [6, 6.07) is 14.1. The van der Waals surface area contributed by atoms with Crippen LogP contribution in [0, 0.1) is 6.92 Å². The van der Waals surface area contributed by atoms with E-state index in [2.05, 4.69) is 42.2 Å². The van der Waals surface area contributed by atoms with Crippen molar-refractivity contribution >= 4 is 34.1 Å². The van der Waals surface area contributed by atoms with Gasteiger partial charge in [0.2, 0.25) is 0 Å². The van der Waals surface area contributed by atoms with E-state index in [0.717, 1.165) is 22.2 Å². The van der Waals surface area contributed by atoms with Crippen molar-refractivity contribution in [3.05, 3.63) is 58.1 Å². The second-order valence-electron chi connectivity index (χ2n) is 4.40. The molecule has 1 aromatic heterocycles. The van der Waals surface area contributed by atoms with E-state index in [0.29, 0.717) is 10.0 Å². The van der Waals surface area contributed by atoms with Gasteiger partial charge >= 0.3 is 0 Å². The third kappa shape index (κ3) is 2.00. The maximum absolute atomic E-state index is 6.18. The highest BCUT2D eigenvalue weighted by atomic mass is 35.5. The Morgan fingerprint density at radius 2 is 1.67 bits per heavy atom. The van der Waals surface area contributed by atoms with Crippen molar-refractivity contribution in [1.82, 2.24) is 4.98 Å². The third-order valence-corrected chi connectivity index (χ3v) is 3.55. The van der Waals surface area contributed by atoms with Crippen LogP contribution in [0.5, 0.6) is 0 Å². The highest BCUT2D eigenvalue weighted by molar-refractivity contribution is 6.38. The number of hydrogen-bond acceptors (Lipinski definition) is 0. The Kier molecular flexibility index (Phi) is 2.81. The minimum atomic E-state index is 0.643.